The summed E-state index contributed by atoms with van der Waals surface area (Å²) in [6.45, 7) is 10.3. The van der Waals surface area contributed by atoms with Crippen LogP contribution < -0.4 is 14.9 Å². The standard InChI is InChI=1S/C48H60F5N5O4S3/c1-34(8-15-45(49)50)42-31-47(20-5-21-47)22-16-36(42)32-57-26-28-58(29-27-57)38-11-9-35(10-12-38)46(60)55-64-41-13-14-43(44(30-41)65(61,62)48(51,52)53)54-37(33-63-40-6-3-2-4-7-40)17-23-56-24-18-39(59)19-25-56/h2-4,6-7,9-14,30,37,39,45,54,59H,1,5,8,15-29,31-33H2,(H,55,60). The fourth-order valence-corrected chi connectivity index (χ4v) is 12.0. The van der Waals surface area contributed by atoms with Crippen molar-refractivity contribution in [1.29, 1.82) is 0 Å². The van der Waals surface area contributed by atoms with Crippen LogP contribution >= 0.6 is 23.7 Å². The molecule has 0 aromatic heterocycles. The Kier molecular flexibility index (Phi) is 16.7. The van der Waals surface area contributed by atoms with Crippen molar-refractivity contribution < 1.29 is 40.3 Å². The van der Waals surface area contributed by atoms with Crippen LogP contribution in [0.2, 0.25) is 0 Å². The summed E-state index contributed by atoms with van der Waals surface area (Å²) in [5.41, 5.74) is -0.682. The molecule has 7 rings (SSSR count). The van der Waals surface area contributed by atoms with Crippen LogP contribution in [0.4, 0.5) is 33.3 Å². The van der Waals surface area contributed by atoms with Gasteiger partial charge in [-0.1, -0.05) is 42.3 Å². The van der Waals surface area contributed by atoms with Crippen LogP contribution in [-0.2, 0) is 9.84 Å². The van der Waals surface area contributed by atoms with Crippen LogP contribution in [0.5, 0.6) is 0 Å². The molecule has 354 valence electrons. The number of aliphatic hydroxyl groups is 1. The number of hydrogen-bond donors (Lipinski definition) is 3. The topological polar surface area (TPSA) is 105 Å². The minimum absolute atomic E-state index is 0.111. The number of piperidine rings is 1. The largest absolute Gasteiger partial charge is 0.501 e. The van der Waals surface area contributed by atoms with Gasteiger partial charge in [-0.2, -0.15) is 13.2 Å². The third-order valence-electron chi connectivity index (χ3n) is 13.4. The Balaban J connectivity index is 0.961. The zero-order chi connectivity index (χ0) is 46.2. The average molecular weight is 962 g/mol. The number of nitrogens with one attached hydrogen (secondary N) is 2. The highest BCUT2D eigenvalue weighted by molar-refractivity contribution is 7.99. The van der Waals surface area contributed by atoms with Crippen LogP contribution in [0.15, 0.2) is 111 Å². The zero-order valence-electron chi connectivity index (χ0n) is 36.6. The number of benzene rings is 3. The van der Waals surface area contributed by atoms with Gasteiger partial charge in [0, 0.05) is 91.6 Å². The second-order valence-corrected chi connectivity index (χ2v) is 21.8. The summed E-state index contributed by atoms with van der Waals surface area (Å²) in [6, 6.07) is 20.0. The van der Waals surface area contributed by atoms with Gasteiger partial charge in [-0.05, 0) is 135 Å². The number of piperazine rings is 1. The van der Waals surface area contributed by atoms with Gasteiger partial charge in [0.25, 0.3) is 15.7 Å². The Hall–Kier alpha value is -3.61. The molecule has 3 aromatic rings. The minimum Gasteiger partial charge on any atom is -0.393 e. The first-order chi connectivity index (χ1) is 31.1. The maximum absolute atomic E-state index is 14.1. The molecule has 3 N–H and O–H groups in total. The van der Waals surface area contributed by atoms with Crippen molar-refractivity contribution in [2.75, 3.05) is 68.3 Å². The zero-order valence-corrected chi connectivity index (χ0v) is 39.1. The Morgan fingerprint density at radius 3 is 2.25 bits per heavy atom. The van der Waals surface area contributed by atoms with Crippen LogP contribution in [0.1, 0.15) is 81.0 Å². The Labute approximate surface area is 388 Å². The van der Waals surface area contributed by atoms with Crippen molar-refractivity contribution in [3.05, 3.63) is 102 Å². The molecular weight excluding hydrogens is 902 g/mol. The molecule has 3 fully saturated rings. The molecule has 1 amide bonds. The summed E-state index contributed by atoms with van der Waals surface area (Å²) in [6.07, 6.45) is 6.04. The van der Waals surface area contributed by atoms with Crippen molar-refractivity contribution in [3.63, 3.8) is 0 Å². The van der Waals surface area contributed by atoms with Gasteiger partial charge in [0.2, 0.25) is 6.43 Å². The summed E-state index contributed by atoms with van der Waals surface area (Å²) in [5.74, 6) is -0.0359. The molecule has 2 heterocycles. The highest BCUT2D eigenvalue weighted by Gasteiger charge is 2.48. The molecule has 0 radical (unpaired) electrons. The van der Waals surface area contributed by atoms with Gasteiger partial charge in [0.05, 0.1) is 11.8 Å². The molecule has 2 aliphatic carbocycles. The maximum atomic E-state index is 14.1. The number of amides is 1. The van der Waals surface area contributed by atoms with E-state index in [9.17, 15) is 40.3 Å². The Morgan fingerprint density at radius 1 is 0.892 bits per heavy atom. The number of aliphatic hydroxyl groups excluding tert-OH is 1. The van der Waals surface area contributed by atoms with Gasteiger partial charge in [-0.3, -0.25) is 14.4 Å². The summed E-state index contributed by atoms with van der Waals surface area (Å²) in [7, 11) is -5.79. The summed E-state index contributed by atoms with van der Waals surface area (Å²) >= 11 is 2.25. The molecule has 65 heavy (non-hydrogen) atoms. The summed E-state index contributed by atoms with van der Waals surface area (Å²) in [4.78, 5) is 20.3. The van der Waals surface area contributed by atoms with E-state index in [0.29, 0.717) is 62.0 Å². The summed E-state index contributed by atoms with van der Waals surface area (Å²) in [5, 5.41) is 13.1. The lowest BCUT2D eigenvalue weighted by molar-refractivity contribution is -0.0435. The van der Waals surface area contributed by atoms with Gasteiger partial charge in [-0.15, -0.1) is 11.8 Å². The van der Waals surface area contributed by atoms with Crippen molar-refractivity contribution >= 4 is 50.8 Å². The van der Waals surface area contributed by atoms with E-state index in [1.54, 1.807) is 12.1 Å². The van der Waals surface area contributed by atoms with E-state index in [0.717, 1.165) is 86.2 Å². The SMILES string of the molecule is C=C(CCC(F)F)C1=C(CN2CCN(c3ccc(C(=O)NSc4ccc(NC(CCN5CCC(O)CC5)CSc5ccccc5)c(S(=O)(=O)C(F)(F)F)c4)cc3)CC2)CCC2(CCC2)C1. The second-order valence-electron chi connectivity index (χ2n) is 17.9. The number of nitrogens with zero attached hydrogens (tertiary/aromatic N) is 3. The number of halogens is 5. The monoisotopic (exact) mass is 961 g/mol. The van der Waals surface area contributed by atoms with Gasteiger partial charge < -0.3 is 20.2 Å². The number of sulfone groups is 1. The lowest BCUT2D eigenvalue weighted by Gasteiger charge is -2.47. The Morgan fingerprint density at radius 2 is 1.60 bits per heavy atom. The molecule has 2 saturated heterocycles. The van der Waals surface area contributed by atoms with E-state index in [2.05, 4.69) is 31.3 Å². The number of likely N-dealkylation sites (tertiary alicyclic amines) is 1. The van der Waals surface area contributed by atoms with Gasteiger partial charge in [-0.25, -0.2) is 17.2 Å². The van der Waals surface area contributed by atoms with Crippen LogP contribution in [0.25, 0.3) is 0 Å². The number of thioether (sulfide) groups is 1. The van der Waals surface area contributed by atoms with Gasteiger partial charge >= 0.3 is 5.51 Å². The molecule has 2 aliphatic heterocycles. The summed E-state index contributed by atoms with van der Waals surface area (Å²) < 4.78 is 97.3. The molecule has 1 spiro atoms. The number of anilines is 2. The van der Waals surface area contributed by atoms with E-state index >= 15 is 0 Å². The predicted octanol–water partition coefficient (Wildman–Crippen LogP) is 10.2. The molecular formula is C48H60F5N5O4S3. The van der Waals surface area contributed by atoms with E-state index in [4.69, 9.17) is 0 Å². The molecule has 1 saturated carbocycles. The predicted molar refractivity (Wildman–Crippen MR) is 251 cm³/mol. The van der Waals surface area contributed by atoms with Crippen molar-refractivity contribution in [3.8, 4) is 0 Å². The van der Waals surface area contributed by atoms with Gasteiger partial charge in [0.15, 0.2) is 0 Å². The molecule has 1 unspecified atom stereocenters. The maximum Gasteiger partial charge on any atom is 0.501 e. The average Bonchev–Trinajstić information content (AvgIpc) is 3.29. The van der Waals surface area contributed by atoms with Crippen molar-refractivity contribution in [2.24, 2.45) is 5.41 Å². The highest BCUT2D eigenvalue weighted by Crippen LogP contribution is 2.54. The first kappa shape index (κ1) is 49.3. The fraction of sp³-hybridized carbons (Fsp3) is 0.521. The highest BCUT2D eigenvalue weighted by atomic mass is 32.2. The van der Waals surface area contributed by atoms with Crippen molar-refractivity contribution in [1.82, 2.24) is 14.5 Å². The molecule has 4 aliphatic rings. The van der Waals surface area contributed by atoms with E-state index in [-0.39, 0.29) is 23.1 Å². The van der Waals surface area contributed by atoms with Gasteiger partial charge in [0.1, 0.15) is 4.90 Å². The van der Waals surface area contributed by atoms with Crippen LogP contribution in [0.3, 0.4) is 0 Å². The number of carbonyl (C=O) groups is 1. The lowest BCUT2D eigenvalue weighted by Crippen LogP contribution is -2.47. The second kappa shape index (κ2) is 22.0. The molecule has 3 aromatic carbocycles. The minimum atomic E-state index is -5.79. The third-order valence-corrected chi connectivity index (χ3v) is 16.9. The number of allylic oxidation sites excluding steroid dienone is 2. The Bertz CT molecular complexity index is 2230. The number of rotatable bonds is 19. The number of hydrogen-bond acceptors (Lipinski definition) is 10. The quantitative estimate of drug-likeness (QED) is 0.0611. The molecule has 9 nitrogen and oxygen atoms in total. The molecule has 17 heteroatoms. The normalized spacial score (nSPS) is 19.3. The van der Waals surface area contributed by atoms with Crippen molar-refractivity contribution in [2.45, 2.75) is 109 Å². The van der Waals surface area contributed by atoms with Crippen LogP contribution in [-0.4, -0.2) is 111 Å². The lowest BCUT2D eigenvalue weighted by atomic mass is 9.59. The fourth-order valence-electron chi connectivity index (χ4n) is 9.31. The van der Waals surface area contributed by atoms with E-state index < -0.39 is 38.6 Å². The first-order valence-electron chi connectivity index (χ1n) is 22.6. The third kappa shape index (κ3) is 13.1. The smallest absolute Gasteiger partial charge is 0.393 e. The van der Waals surface area contributed by atoms with E-state index in [1.165, 1.54) is 54.3 Å². The first-order valence-corrected chi connectivity index (χ1v) is 25.9. The molecule has 0 bridgehead atoms. The van der Waals surface area contributed by atoms with Crippen LogP contribution in [0, 0.1) is 5.41 Å². The molecule has 1 atom stereocenters. The number of alkyl halides is 5. The van der Waals surface area contributed by atoms with E-state index in [1.807, 2.05) is 42.5 Å². The number of carbonyl (C=O) groups excluding carboxylic acids is 1.